The molecule has 0 saturated carbocycles. The zero-order valence-electron chi connectivity index (χ0n) is 19.8. The molecule has 0 atom stereocenters. The fourth-order valence-corrected chi connectivity index (χ4v) is 3.96. The van der Waals surface area contributed by atoms with Crippen LogP contribution in [0.5, 0.6) is 5.75 Å². The topological polar surface area (TPSA) is 102 Å². The van der Waals surface area contributed by atoms with Gasteiger partial charge in [-0.15, -0.1) is 0 Å². The summed E-state index contributed by atoms with van der Waals surface area (Å²) >= 11 is 0. The van der Waals surface area contributed by atoms with Crippen LogP contribution in [0.4, 0.5) is 0 Å². The Balaban J connectivity index is 1.33. The molecule has 2 aromatic carbocycles. The molecule has 0 unspecified atom stereocenters. The van der Waals surface area contributed by atoms with Gasteiger partial charge in [0.25, 0.3) is 11.5 Å². The average molecular weight is 484 g/mol. The maximum Gasteiger partial charge on any atom is 0.258 e. The van der Waals surface area contributed by atoms with Gasteiger partial charge >= 0.3 is 0 Å². The first-order valence-electron chi connectivity index (χ1n) is 11.5. The number of aromatic amines is 1. The fraction of sp³-hybridized carbons (Fsp3) is 0.185. The van der Waals surface area contributed by atoms with Gasteiger partial charge in [-0.05, 0) is 42.5 Å². The largest absolute Gasteiger partial charge is 0.487 e. The molecule has 9 nitrogen and oxygen atoms in total. The molecular weight excluding hydrogens is 458 g/mol. The highest BCUT2D eigenvalue weighted by Gasteiger charge is 2.18. The van der Waals surface area contributed by atoms with Gasteiger partial charge < -0.3 is 23.8 Å². The number of nitrogens with one attached hydrogen (secondary N) is 1. The summed E-state index contributed by atoms with van der Waals surface area (Å²) in [5.41, 5.74) is 2.43. The molecule has 1 N–H and O–H groups in total. The van der Waals surface area contributed by atoms with Crippen molar-refractivity contribution in [2.75, 3.05) is 20.3 Å². The molecule has 9 heteroatoms. The molecule has 5 aromatic rings. The van der Waals surface area contributed by atoms with Crippen LogP contribution in [0.2, 0.25) is 0 Å². The van der Waals surface area contributed by atoms with Gasteiger partial charge in [0.1, 0.15) is 23.8 Å². The first-order chi connectivity index (χ1) is 17.6. The van der Waals surface area contributed by atoms with Crippen LogP contribution < -0.4 is 10.3 Å². The molecule has 0 radical (unpaired) electrons. The van der Waals surface area contributed by atoms with Crippen LogP contribution in [0.25, 0.3) is 16.6 Å². The number of hydrogen-bond acceptors (Lipinski definition) is 6. The second kappa shape index (κ2) is 10.4. The van der Waals surface area contributed by atoms with E-state index in [1.165, 1.54) is 0 Å². The van der Waals surface area contributed by atoms with Crippen molar-refractivity contribution in [3.8, 4) is 5.75 Å². The number of carbonyl (C=O) groups is 1. The molecule has 0 saturated heterocycles. The van der Waals surface area contributed by atoms with Gasteiger partial charge in [-0.3, -0.25) is 9.59 Å². The Morgan fingerprint density at radius 2 is 1.92 bits per heavy atom. The lowest BCUT2D eigenvalue weighted by atomic mass is 10.2. The van der Waals surface area contributed by atoms with Crippen LogP contribution in [-0.4, -0.2) is 50.4 Å². The van der Waals surface area contributed by atoms with Crippen molar-refractivity contribution in [3.63, 3.8) is 0 Å². The molecule has 0 aliphatic rings. The van der Waals surface area contributed by atoms with E-state index in [1.807, 2.05) is 41.1 Å². The maximum absolute atomic E-state index is 13.4. The molecule has 5 rings (SSSR count). The Kier molecular flexibility index (Phi) is 6.72. The van der Waals surface area contributed by atoms with Crippen LogP contribution in [0.15, 0.2) is 83.9 Å². The third-order valence-corrected chi connectivity index (χ3v) is 5.74. The molecule has 36 heavy (non-hydrogen) atoms. The second-order valence-corrected chi connectivity index (χ2v) is 8.26. The van der Waals surface area contributed by atoms with Gasteiger partial charge in [-0.25, -0.2) is 9.97 Å². The van der Waals surface area contributed by atoms with E-state index in [1.54, 1.807) is 54.5 Å². The predicted molar refractivity (Wildman–Crippen MR) is 135 cm³/mol. The van der Waals surface area contributed by atoms with E-state index in [-0.39, 0.29) is 24.6 Å². The molecule has 0 aliphatic heterocycles. The number of pyridine rings is 1. The van der Waals surface area contributed by atoms with Gasteiger partial charge in [0.15, 0.2) is 0 Å². The second-order valence-electron chi connectivity index (χ2n) is 8.26. The van der Waals surface area contributed by atoms with E-state index in [0.717, 1.165) is 11.3 Å². The Labute approximate surface area is 207 Å². The average Bonchev–Trinajstić information content (AvgIpc) is 3.33. The predicted octanol–water partition coefficient (Wildman–Crippen LogP) is 3.44. The maximum atomic E-state index is 13.4. The molecule has 182 valence electrons. The molecule has 0 aliphatic carbocycles. The SMILES string of the molecule is COCCN(Cc1nc2ccccc2c(=O)[nH]1)C(=O)c1cccc(OCc2cn3ccccc3n2)c1. The van der Waals surface area contributed by atoms with Gasteiger partial charge in [0.2, 0.25) is 0 Å². The molecule has 0 bridgehead atoms. The Hall–Kier alpha value is -4.50. The third-order valence-electron chi connectivity index (χ3n) is 5.74. The number of H-pyrrole nitrogens is 1. The van der Waals surface area contributed by atoms with Crippen molar-refractivity contribution < 1.29 is 14.3 Å². The number of rotatable bonds is 9. The highest BCUT2D eigenvalue weighted by molar-refractivity contribution is 5.94. The number of benzene rings is 2. The van der Waals surface area contributed by atoms with Crippen molar-refractivity contribution in [2.45, 2.75) is 13.2 Å². The molecular formula is C27H25N5O4. The number of imidazole rings is 1. The number of ether oxygens (including phenoxy) is 2. The zero-order chi connectivity index (χ0) is 24.9. The van der Waals surface area contributed by atoms with E-state index in [0.29, 0.717) is 41.2 Å². The Morgan fingerprint density at radius 3 is 2.78 bits per heavy atom. The smallest absolute Gasteiger partial charge is 0.258 e. The molecule has 3 aromatic heterocycles. The van der Waals surface area contributed by atoms with Crippen LogP contribution in [-0.2, 0) is 17.9 Å². The summed E-state index contributed by atoms with van der Waals surface area (Å²) in [6.45, 7) is 1.08. The van der Waals surface area contributed by atoms with Crippen molar-refractivity contribution in [1.29, 1.82) is 0 Å². The summed E-state index contributed by atoms with van der Waals surface area (Å²) in [6, 6.07) is 19.9. The minimum absolute atomic E-state index is 0.134. The summed E-state index contributed by atoms with van der Waals surface area (Å²) in [6.07, 6.45) is 3.84. The van der Waals surface area contributed by atoms with Crippen molar-refractivity contribution in [3.05, 3.63) is 107 Å². The lowest BCUT2D eigenvalue weighted by molar-refractivity contribution is 0.0674. The Morgan fingerprint density at radius 1 is 1.06 bits per heavy atom. The number of fused-ring (bicyclic) bond motifs is 2. The highest BCUT2D eigenvalue weighted by atomic mass is 16.5. The first-order valence-corrected chi connectivity index (χ1v) is 11.5. The number of amides is 1. The van der Waals surface area contributed by atoms with Gasteiger partial charge in [0.05, 0.1) is 29.7 Å². The third kappa shape index (κ3) is 5.11. The van der Waals surface area contributed by atoms with E-state index < -0.39 is 0 Å². The summed E-state index contributed by atoms with van der Waals surface area (Å²) < 4.78 is 13.1. The quantitative estimate of drug-likeness (QED) is 0.345. The van der Waals surface area contributed by atoms with Crippen LogP contribution in [0.1, 0.15) is 21.9 Å². The highest BCUT2D eigenvalue weighted by Crippen LogP contribution is 2.18. The van der Waals surface area contributed by atoms with Crippen molar-refractivity contribution >= 4 is 22.5 Å². The number of carbonyl (C=O) groups excluding carboxylic acids is 1. The number of aromatic nitrogens is 4. The van der Waals surface area contributed by atoms with E-state index in [9.17, 15) is 9.59 Å². The molecule has 0 spiro atoms. The molecule has 3 heterocycles. The van der Waals surface area contributed by atoms with Crippen molar-refractivity contribution in [1.82, 2.24) is 24.3 Å². The monoisotopic (exact) mass is 483 g/mol. The van der Waals surface area contributed by atoms with E-state index >= 15 is 0 Å². The minimum atomic E-state index is -0.239. The summed E-state index contributed by atoms with van der Waals surface area (Å²) in [5.74, 6) is 0.741. The number of methoxy groups -OCH3 is 1. The summed E-state index contributed by atoms with van der Waals surface area (Å²) in [7, 11) is 1.58. The minimum Gasteiger partial charge on any atom is -0.487 e. The standard InChI is InChI=1S/C27H25N5O4/c1-35-14-13-32(17-24-29-23-10-3-2-9-22(23)26(33)30-24)27(34)19-7-6-8-21(15-19)36-18-20-16-31-12-5-4-11-25(31)28-20/h2-12,15-16H,13-14,17-18H2,1H3,(H,29,30,33). The van der Waals surface area contributed by atoms with E-state index in [4.69, 9.17) is 9.47 Å². The van der Waals surface area contributed by atoms with Gasteiger partial charge in [-0.1, -0.05) is 24.3 Å². The number of hydrogen-bond donors (Lipinski definition) is 1. The fourth-order valence-electron chi connectivity index (χ4n) is 3.96. The van der Waals surface area contributed by atoms with Crippen LogP contribution in [0, 0.1) is 0 Å². The molecule has 0 fully saturated rings. The van der Waals surface area contributed by atoms with E-state index in [2.05, 4.69) is 15.0 Å². The normalized spacial score (nSPS) is 11.1. The van der Waals surface area contributed by atoms with Crippen molar-refractivity contribution in [2.24, 2.45) is 0 Å². The Bertz CT molecular complexity index is 1540. The van der Waals surface area contributed by atoms with Gasteiger partial charge in [0, 0.05) is 31.6 Å². The summed E-state index contributed by atoms with van der Waals surface area (Å²) in [5, 5.41) is 0.506. The van der Waals surface area contributed by atoms with Crippen LogP contribution >= 0.6 is 0 Å². The lowest BCUT2D eigenvalue weighted by Crippen LogP contribution is -2.34. The summed E-state index contributed by atoms with van der Waals surface area (Å²) in [4.78, 5) is 39.4. The van der Waals surface area contributed by atoms with Crippen LogP contribution in [0.3, 0.4) is 0 Å². The number of para-hydroxylation sites is 1. The first kappa shape index (κ1) is 23.3. The van der Waals surface area contributed by atoms with Gasteiger partial charge in [-0.2, -0.15) is 0 Å². The zero-order valence-corrected chi connectivity index (χ0v) is 19.8. The lowest BCUT2D eigenvalue weighted by Gasteiger charge is -2.22. The molecule has 1 amide bonds. The number of nitrogens with zero attached hydrogens (tertiary/aromatic N) is 4.